The lowest BCUT2D eigenvalue weighted by Crippen LogP contribution is -2.42. The van der Waals surface area contributed by atoms with Crippen molar-refractivity contribution < 1.29 is 13.9 Å². The van der Waals surface area contributed by atoms with E-state index >= 15 is 0 Å². The van der Waals surface area contributed by atoms with E-state index in [-0.39, 0.29) is 28.7 Å². The number of carbonyl (C=O) groups is 1. The van der Waals surface area contributed by atoms with E-state index in [1.54, 1.807) is 24.0 Å². The van der Waals surface area contributed by atoms with Gasteiger partial charge >= 0.3 is 0 Å². The highest BCUT2D eigenvalue weighted by molar-refractivity contribution is 6.33. The van der Waals surface area contributed by atoms with Crippen LogP contribution in [0.15, 0.2) is 30.5 Å². The van der Waals surface area contributed by atoms with Gasteiger partial charge in [-0.2, -0.15) is 0 Å². The van der Waals surface area contributed by atoms with Crippen molar-refractivity contribution in [2.45, 2.75) is 13.0 Å². The fourth-order valence-corrected chi connectivity index (χ4v) is 2.82. The van der Waals surface area contributed by atoms with Gasteiger partial charge in [0.25, 0.3) is 5.91 Å². The predicted octanol–water partition coefficient (Wildman–Crippen LogP) is 2.98. The first kappa shape index (κ1) is 16.7. The van der Waals surface area contributed by atoms with Crippen LogP contribution in [0.5, 0.6) is 0 Å². The van der Waals surface area contributed by atoms with E-state index in [1.165, 1.54) is 18.3 Å². The molecular formula is C17H17ClFN3O2. The first-order valence-corrected chi connectivity index (χ1v) is 7.91. The number of pyridine rings is 1. The SMILES string of the molecule is Cc1cc(C2CN(C(=O)c3cnc(N)c(Cl)c3)CCO2)ccc1F. The molecule has 3 rings (SSSR count). The molecule has 1 amide bonds. The topological polar surface area (TPSA) is 68.5 Å². The molecule has 0 radical (unpaired) electrons. The summed E-state index contributed by atoms with van der Waals surface area (Å²) in [5, 5.41) is 0.250. The molecule has 0 saturated carbocycles. The van der Waals surface area contributed by atoms with Gasteiger partial charge < -0.3 is 15.4 Å². The molecule has 2 heterocycles. The molecule has 1 aromatic heterocycles. The maximum Gasteiger partial charge on any atom is 0.255 e. The summed E-state index contributed by atoms with van der Waals surface area (Å²) in [5.41, 5.74) is 7.35. The Kier molecular flexibility index (Phi) is 4.69. The number of hydrogen-bond donors (Lipinski definition) is 1. The molecular weight excluding hydrogens is 333 g/mol. The summed E-state index contributed by atoms with van der Waals surface area (Å²) in [4.78, 5) is 18.2. The molecule has 1 saturated heterocycles. The number of ether oxygens (including phenoxy) is 1. The summed E-state index contributed by atoms with van der Waals surface area (Å²) in [6, 6.07) is 6.36. The molecule has 1 unspecified atom stereocenters. The van der Waals surface area contributed by atoms with Crippen molar-refractivity contribution in [1.29, 1.82) is 0 Å². The van der Waals surface area contributed by atoms with Gasteiger partial charge in [0, 0.05) is 12.7 Å². The predicted molar refractivity (Wildman–Crippen MR) is 89.4 cm³/mol. The zero-order valence-corrected chi connectivity index (χ0v) is 13.9. The maximum absolute atomic E-state index is 13.4. The van der Waals surface area contributed by atoms with E-state index < -0.39 is 0 Å². The van der Waals surface area contributed by atoms with Crippen molar-refractivity contribution in [1.82, 2.24) is 9.88 Å². The van der Waals surface area contributed by atoms with Gasteiger partial charge in [0.2, 0.25) is 0 Å². The number of aryl methyl sites for hydroxylation is 1. The van der Waals surface area contributed by atoms with E-state index in [4.69, 9.17) is 22.1 Å². The largest absolute Gasteiger partial charge is 0.382 e. The van der Waals surface area contributed by atoms with Crippen LogP contribution in [-0.4, -0.2) is 35.5 Å². The van der Waals surface area contributed by atoms with Gasteiger partial charge in [-0.1, -0.05) is 23.7 Å². The minimum atomic E-state index is -0.292. The number of halogens is 2. The van der Waals surface area contributed by atoms with Crippen LogP contribution < -0.4 is 5.73 Å². The minimum Gasteiger partial charge on any atom is -0.382 e. The van der Waals surface area contributed by atoms with Crippen molar-refractivity contribution in [2.24, 2.45) is 0 Å². The van der Waals surface area contributed by atoms with Gasteiger partial charge in [-0.3, -0.25) is 4.79 Å². The second-order valence-corrected chi connectivity index (χ2v) is 6.12. The third kappa shape index (κ3) is 3.34. The molecule has 24 heavy (non-hydrogen) atoms. The number of carbonyl (C=O) groups excluding carboxylic acids is 1. The van der Waals surface area contributed by atoms with Crippen molar-refractivity contribution in [3.05, 3.63) is 58.0 Å². The molecule has 1 fully saturated rings. The standard InChI is InChI=1S/C17H17ClFN3O2/c1-10-6-11(2-3-14(10)19)15-9-22(4-5-24-15)17(23)12-7-13(18)16(20)21-8-12/h2-3,6-8,15H,4-5,9H2,1H3,(H2,20,21). The smallest absolute Gasteiger partial charge is 0.255 e. The fraction of sp³-hybridized carbons (Fsp3) is 0.294. The Balaban J connectivity index is 1.78. The Hall–Kier alpha value is -2.18. The second-order valence-electron chi connectivity index (χ2n) is 5.71. The molecule has 1 aliphatic rings. The van der Waals surface area contributed by atoms with Gasteiger partial charge in [-0.15, -0.1) is 0 Å². The van der Waals surface area contributed by atoms with Crippen molar-refractivity contribution in [2.75, 3.05) is 25.4 Å². The normalized spacial score (nSPS) is 17.8. The average Bonchev–Trinajstić information content (AvgIpc) is 2.59. The van der Waals surface area contributed by atoms with Crippen molar-refractivity contribution in [3.8, 4) is 0 Å². The fourth-order valence-electron chi connectivity index (χ4n) is 2.65. The third-order valence-corrected chi connectivity index (χ3v) is 4.33. The minimum absolute atomic E-state index is 0.184. The van der Waals surface area contributed by atoms with Gasteiger partial charge in [0.15, 0.2) is 0 Å². The summed E-state index contributed by atoms with van der Waals surface area (Å²) < 4.78 is 19.2. The summed E-state index contributed by atoms with van der Waals surface area (Å²) in [7, 11) is 0. The number of nitrogens with two attached hydrogens (primary N) is 1. The highest BCUT2D eigenvalue weighted by Gasteiger charge is 2.27. The first-order valence-electron chi connectivity index (χ1n) is 7.53. The number of benzene rings is 1. The number of anilines is 1. The zero-order valence-electron chi connectivity index (χ0n) is 13.1. The van der Waals surface area contributed by atoms with Gasteiger partial charge in [0.05, 0.1) is 23.7 Å². The number of nitrogens with zero attached hydrogens (tertiary/aromatic N) is 2. The lowest BCUT2D eigenvalue weighted by Gasteiger charge is -2.33. The third-order valence-electron chi connectivity index (χ3n) is 4.02. The lowest BCUT2D eigenvalue weighted by atomic mass is 10.0. The lowest BCUT2D eigenvalue weighted by molar-refractivity contribution is -0.0228. The van der Waals surface area contributed by atoms with E-state index in [2.05, 4.69) is 4.98 Å². The molecule has 1 aliphatic heterocycles. The summed E-state index contributed by atoms with van der Waals surface area (Å²) in [5.74, 6) is -0.253. The number of nitrogen functional groups attached to an aromatic ring is 1. The number of hydrogen-bond acceptors (Lipinski definition) is 4. The molecule has 126 valence electrons. The highest BCUT2D eigenvalue weighted by atomic mass is 35.5. The van der Waals surface area contributed by atoms with Gasteiger partial charge in [0.1, 0.15) is 17.7 Å². The van der Waals surface area contributed by atoms with Gasteiger partial charge in [-0.05, 0) is 30.2 Å². The molecule has 0 bridgehead atoms. The van der Waals surface area contributed by atoms with Crippen LogP contribution in [0.25, 0.3) is 0 Å². The van der Waals surface area contributed by atoms with Crippen molar-refractivity contribution >= 4 is 23.3 Å². The number of rotatable bonds is 2. The van der Waals surface area contributed by atoms with Crippen LogP contribution in [0.3, 0.4) is 0 Å². The van der Waals surface area contributed by atoms with Crippen LogP contribution >= 0.6 is 11.6 Å². The number of amides is 1. The Morgan fingerprint density at radius 1 is 1.46 bits per heavy atom. The van der Waals surface area contributed by atoms with Crippen LogP contribution in [-0.2, 0) is 4.74 Å². The average molecular weight is 350 g/mol. The highest BCUT2D eigenvalue weighted by Crippen LogP contribution is 2.25. The molecule has 0 aliphatic carbocycles. The monoisotopic (exact) mass is 349 g/mol. The zero-order chi connectivity index (χ0) is 17.3. The summed E-state index contributed by atoms with van der Waals surface area (Å²) in [6.45, 7) is 2.96. The van der Waals surface area contributed by atoms with Gasteiger partial charge in [-0.25, -0.2) is 9.37 Å². The van der Waals surface area contributed by atoms with Crippen molar-refractivity contribution in [3.63, 3.8) is 0 Å². The van der Waals surface area contributed by atoms with Crippen LogP contribution in [0.2, 0.25) is 5.02 Å². The van der Waals surface area contributed by atoms with E-state index in [1.807, 2.05) is 0 Å². The van der Waals surface area contributed by atoms with E-state index in [0.29, 0.717) is 30.8 Å². The van der Waals surface area contributed by atoms with Crippen LogP contribution in [0, 0.1) is 12.7 Å². The van der Waals surface area contributed by atoms with Crippen LogP contribution in [0.1, 0.15) is 27.6 Å². The Labute approximate surface area is 144 Å². The molecule has 5 nitrogen and oxygen atoms in total. The Morgan fingerprint density at radius 2 is 2.25 bits per heavy atom. The Morgan fingerprint density at radius 3 is 2.96 bits per heavy atom. The molecule has 2 N–H and O–H groups in total. The quantitative estimate of drug-likeness (QED) is 0.905. The second kappa shape index (κ2) is 6.75. The maximum atomic E-state index is 13.4. The molecule has 1 atom stereocenters. The van der Waals surface area contributed by atoms with E-state index in [9.17, 15) is 9.18 Å². The van der Waals surface area contributed by atoms with Crippen LogP contribution in [0.4, 0.5) is 10.2 Å². The van der Waals surface area contributed by atoms with E-state index in [0.717, 1.165) is 5.56 Å². The Bertz CT molecular complexity index is 784. The number of morpholine rings is 1. The summed E-state index contributed by atoms with van der Waals surface area (Å²) >= 11 is 5.94. The summed E-state index contributed by atoms with van der Waals surface area (Å²) in [6.07, 6.45) is 1.12. The number of aromatic nitrogens is 1. The molecule has 0 spiro atoms. The molecule has 2 aromatic rings. The molecule has 7 heteroatoms. The molecule has 1 aromatic carbocycles. The first-order chi connectivity index (χ1) is 11.5.